The van der Waals surface area contributed by atoms with Gasteiger partial charge in [0.15, 0.2) is 0 Å². The summed E-state index contributed by atoms with van der Waals surface area (Å²) in [7, 11) is 0. The monoisotopic (exact) mass is 369 g/mol. The molecule has 2 aromatic carbocycles. The van der Waals surface area contributed by atoms with Gasteiger partial charge in [-0.25, -0.2) is 4.79 Å². The number of nitrogens with zero attached hydrogens (tertiary/aromatic N) is 1. The van der Waals surface area contributed by atoms with E-state index in [1.165, 1.54) is 0 Å². The van der Waals surface area contributed by atoms with Crippen LogP contribution in [-0.2, 0) is 6.61 Å². The van der Waals surface area contributed by atoms with E-state index in [-0.39, 0.29) is 5.56 Å². The van der Waals surface area contributed by atoms with Crippen LogP contribution in [-0.4, -0.2) is 0 Å². The SMILES string of the molecule is Cc1c(C#N)c(=O)oc2cc(OCc3ccc(Br)cc3)ccc12. The molecule has 0 saturated carbocycles. The second-order valence-electron chi connectivity index (χ2n) is 5.07. The zero-order chi connectivity index (χ0) is 16.4. The molecule has 4 nitrogen and oxygen atoms in total. The summed E-state index contributed by atoms with van der Waals surface area (Å²) in [5.41, 5.74) is 1.49. The zero-order valence-corrected chi connectivity index (χ0v) is 13.9. The molecule has 1 aromatic heterocycles. The average Bonchev–Trinajstić information content (AvgIpc) is 2.54. The van der Waals surface area contributed by atoms with Crippen molar-refractivity contribution in [2.24, 2.45) is 0 Å². The summed E-state index contributed by atoms with van der Waals surface area (Å²) >= 11 is 3.39. The van der Waals surface area contributed by atoms with E-state index in [9.17, 15) is 4.79 Å². The Hall–Kier alpha value is -2.58. The molecule has 0 aliphatic carbocycles. The van der Waals surface area contributed by atoms with Crippen LogP contribution in [0.3, 0.4) is 0 Å². The van der Waals surface area contributed by atoms with E-state index < -0.39 is 5.63 Å². The average molecular weight is 370 g/mol. The van der Waals surface area contributed by atoms with Gasteiger partial charge in [0.25, 0.3) is 0 Å². The van der Waals surface area contributed by atoms with Crippen molar-refractivity contribution in [3.05, 3.63) is 74.0 Å². The number of halogens is 1. The van der Waals surface area contributed by atoms with Crippen LogP contribution in [0.2, 0.25) is 0 Å². The highest BCUT2D eigenvalue weighted by atomic mass is 79.9. The van der Waals surface area contributed by atoms with Crippen LogP contribution in [0.4, 0.5) is 0 Å². The van der Waals surface area contributed by atoms with Gasteiger partial charge in [0.2, 0.25) is 0 Å². The first kappa shape index (κ1) is 15.3. The van der Waals surface area contributed by atoms with Crippen LogP contribution in [0.15, 0.2) is 56.1 Å². The fourth-order valence-electron chi connectivity index (χ4n) is 2.30. The lowest BCUT2D eigenvalue weighted by atomic mass is 10.1. The zero-order valence-electron chi connectivity index (χ0n) is 12.3. The molecule has 3 aromatic rings. The summed E-state index contributed by atoms with van der Waals surface area (Å²) in [5.74, 6) is 0.604. The van der Waals surface area contributed by atoms with E-state index >= 15 is 0 Å². The molecule has 0 bridgehead atoms. The summed E-state index contributed by atoms with van der Waals surface area (Å²) in [6.45, 7) is 2.15. The minimum atomic E-state index is -0.623. The number of aryl methyl sites for hydroxylation is 1. The van der Waals surface area contributed by atoms with Crippen molar-refractivity contribution in [2.75, 3.05) is 0 Å². The molecule has 0 radical (unpaired) electrons. The van der Waals surface area contributed by atoms with Gasteiger partial charge in [0, 0.05) is 15.9 Å². The van der Waals surface area contributed by atoms with E-state index in [0.29, 0.717) is 23.5 Å². The molecule has 3 rings (SSSR count). The third kappa shape index (κ3) is 3.13. The second-order valence-corrected chi connectivity index (χ2v) is 5.99. The summed E-state index contributed by atoms with van der Waals surface area (Å²) in [4.78, 5) is 11.8. The number of hydrogen-bond acceptors (Lipinski definition) is 4. The molecule has 114 valence electrons. The Morgan fingerprint density at radius 2 is 1.96 bits per heavy atom. The van der Waals surface area contributed by atoms with Crippen LogP contribution in [0.5, 0.6) is 5.75 Å². The van der Waals surface area contributed by atoms with Crippen molar-refractivity contribution in [3.63, 3.8) is 0 Å². The van der Waals surface area contributed by atoms with Crippen molar-refractivity contribution in [1.82, 2.24) is 0 Å². The number of nitriles is 1. The molecule has 0 atom stereocenters. The van der Waals surface area contributed by atoms with E-state index in [1.54, 1.807) is 25.1 Å². The first-order valence-corrected chi connectivity index (χ1v) is 7.72. The topological polar surface area (TPSA) is 63.2 Å². The maximum atomic E-state index is 11.8. The van der Waals surface area contributed by atoms with Crippen LogP contribution in [0.25, 0.3) is 11.0 Å². The highest BCUT2D eigenvalue weighted by molar-refractivity contribution is 9.10. The molecule has 0 unspecified atom stereocenters. The molecule has 0 N–H and O–H groups in total. The van der Waals surface area contributed by atoms with E-state index in [1.807, 2.05) is 30.3 Å². The summed E-state index contributed by atoms with van der Waals surface area (Å²) in [5, 5.41) is 9.74. The minimum absolute atomic E-state index is 0.0426. The van der Waals surface area contributed by atoms with Crippen LogP contribution >= 0.6 is 15.9 Å². The van der Waals surface area contributed by atoms with Crippen LogP contribution in [0.1, 0.15) is 16.7 Å². The van der Waals surface area contributed by atoms with Crippen molar-refractivity contribution in [2.45, 2.75) is 13.5 Å². The molecule has 0 saturated heterocycles. The molecule has 0 amide bonds. The lowest BCUT2D eigenvalue weighted by Crippen LogP contribution is -2.06. The van der Waals surface area contributed by atoms with Gasteiger partial charge in [0.05, 0.1) is 0 Å². The molecule has 1 heterocycles. The van der Waals surface area contributed by atoms with Crippen LogP contribution in [0, 0.1) is 18.3 Å². The fourth-order valence-corrected chi connectivity index (χ4v) is 2.57. The fraction of sp³-hybridized carbons (Fsp3) is 0.111. The number of rotatable bonds is 3. The number of hydrogen-bond donors (Lipinski definition) is 0. The van der Waals surface area contributed by atoms with Crippen molar-refractivity contribution in [1.29, 1.82) is 5.26 Å². The molecule has 0 aliphatic heterocycles. The van der Waals surface area contributed by atoms with Crippen molar-refractivity contribution < 1.29 is 9.15 Å². The third-order valence-corrected chi connectivity index (χ3v) is 4.10. The molecule has 0 fully saturated rings. The standard InChI is InChI=1S/C18H12BrNO3/c1-11-15-7-6-14(8-17(15)23-18(21)16(11)9-20)22-10-12-2-4-13(19)5-3-12/h2-8H,10H2,1H3. The molecular weight excluding hydrogens is 358 g/mol. The Labute approximate surface area is 141 Å². The Bertz CT molecular complexity index is 968. The number of fused-ring (bicyclic) bond motifs is 1. The predicted molar refractivity (Wildman–Crippen MR) is 90.4 cm³/mol. The van der Waals surface area contributed by atoms with Gasteiger partial charge >= 0.3 is 5.63 Å². The first-order valence-electron chi connectivity index (χ1n) is 6.93. The van der Waals surface area contributed by atoms with Gasteiger partial charge in [-0.05, 0) is 42.3 Å². The van der Waals surface area contributed by atoms with Crippen molar-refractivity contribution in [3.8, 4) is 11.8 Å². The molecule has 23 heavy (non-hydrogen) atoms. The lowest BCUT2D eigenvalue weighted by Gasteiger charge is -2.08. The highest BCUT2D eigenvalue weighted by Gasteiger charge is 2.11. The molecule has 5 heteroatoms. The third-order valence-electron chi connectivity index (χ3n) is 3.57. The molecular formula is C18H12BrNO3. The maximum absolute atomic E-state index is 11.8. The minimum Gasteiger partial charge on any atom is -0.489 e. The Morgan fingerprint density at radius 1 is 1.22 bits per heavy atom. The van der Waals surface area contributed by atoms with Crippen LogP contribution < -0.4 is 10.4 Å². The van der Waals surface area contributed by atoms with E-state index in [2.05, 4.69) is 15.9 Å². The van der Waals surface area contributed by atoms with E-state index in [4.69, 9.17) is 14.4 Å². The Balaban J connectivity index is 1.90. The molecule has 0 aliphatic rings. The number of ether oxygens (including phenoxy) is 1. The second kappa shape index (κ2) is 6.27. The van der Waals surface area contributed by atoms with Gasteiger partial charge in [-0.15, -0.1) is 0 Å². The van der Waals surface area contributed by atoms with Gasteiger partial charge < -0.3 is 9.15 Å². The Morgan fingerprint density at radius 3 is 2.65 bits per heavy atom. The van der Waals surface area contributed by atoms with E-state index in [0.717, 1.165) is 15.4 Å². The smallest absolute Gasteiger partial charge is 0.354 e. The van der Waals surface area contributed by atoms with Gasteiger partial charge in [-0.1, -0.05) is 28.1 Å². The Kier molecular flexibility index (Phi) is 4.18. The van der Waals surface area contributed by atoms with Gasteiger partial charge in [0.1, 0.15) is 29.6 Å². The van der Waals surface area contributed by atoms with Gasteiger partial charge in [-0.3, -0.25) is 0 Å². The van der Waals surface area contributed by atoms with Gasteiger partial charge in [-0.2, -0.15) is 5.26 Å². The lowest BCUT2D eigenvalue weighted by molar-refractivity contribution is 0.306. The maximum Gasteiger partial charge on any atom is 0.354 e. The predicted octanol–water partition coefficient (Wildman–Crippen LogP) is 4.31. The molecule has 0 spiro atoms. The van der Waals surface area contributed by atoms with Crippen molar-refractivity contribution >= 4 is 26.9 Å². The summed E-state index contributed by atoms with van der Waals surface area (Å²) < 4.78 is 12.0. The number of benzene rings is 2. The quantitative estimate of drug-likeness (QED) is 0.645. The normalized spacial score (nSPS) is 10.5. The summed E-state index contributed by atoms with van der Waals surface area (Å²) in [6, 6.07) is 15.0. The largest absolute Gasteiger partial charge is 0.489 e. The highest BCUT2D eigenvalue weighted by Crippen LogP contribution is 2.24. The summed E-state index contributed by atoms with van der Waals surface area (Å²) in [6.07, 6.45) is 0. The first-order chi connectivity index (χ1) is 11.1.